The van der Waals surface area contributed by atoms with Crippen LogP contribution >= 0.6 is 0 Å². The van der Waals surface area contributed by atoms with Crippen LogP contribution in [-0.2, 0) is 4.74 Å². The normalized spacial score (nSPS) is 19.6. The molecular formula is C15H23N3O2. The van der Waals surface area contributed by atoms with Gasteiger partial charge in [-0.05, 0) is 38.3 Å². The van der Waals surface area contributed by atoms with Crippen LogP contribution in [0.5, 0.6) is 0 Å². The number of carbonyl (C=O) groups is 1. The van der Waals surface area contributed by atoms with Crippen molar-refractivity contribution in [2.24, 2.45) is 0 Å². The van der Waals surface area contributed by atoms with Gasteiger partial charge in [0.05, 0.1) is 12.1 Å². The Hall–Kier alpha value is -1.62. The molecule has 1 saturated heterocycles. The molecule has 0 radical (unpaired) electrons. The zero-order valence-electron chi connectivity index (χ0n) is 12.2. The molecule has 5 nitrogen and oxygen atoms in total. The number of carbonyl (C=O) groups excluding carboxylic acids is 1. The molecule has 2 atom stereocenters. The second-order valence-electron chi connectivity index (χ2n) is 5.17. The molecule has 1 fully saturated rings. The Labute approximate surface area is 120 Å². The molecular weight excluding hydrogens is 254 g/mol. The number of hydrogen-bond donors (Lipinski definition) is 2. The van der Waals surface area contributed by atoms with Crippen LogP contribution in [0, 0.1) is 0 Å². The van der Waals surface area contributed by atoms with Crippen LogP contribution in [0.15, 0.2) is 18.3 Å². The fourth-order valence-electron chi connectivity index (χ4n) is 2.30. The van der Waals surface area contributed by atoms with Gasteiger partial charge in [0.2, 0.25) is 0 Å². The minimum Gasteiger partial charge on any atom is -0.376 e. The molecule has 5 heteroatoms. The topological polar surface area (TPSA) is 63.2 Å². The molecule has 1 aliphatic heterocycles. The largest absolute Gasteiger partial charge is 0.376 e. The Morgan fingerprint density at radius 2 is 2.45 bits per heavy atom. The van der Waals surface area contributed by atoms with Gasteiger partial charge in [-0.25, -0.2) is 4.98 Å². The van der Waals surface area contributed by atoms with Crippen LogP contribution in [0.2, 0.25) is 0 Å². The summed E-state index contributed by atoms with van der Waals surface area (Å²) in [5.41, 5.74) is 0.628. The SMILES string of the molecule is CCCNc1cc(C(=O)NC(C)C2CCCO2)ccn1. The number of hydrogen-bond acceptors (Lipinski definition) is 4. The van der Waals surface area contributed by atoms with E-state index in [9.17, 15) is 4.79 Å². The van der Waals surface area contributed by atoms with Gasteiger partial charge in [-0.1, -0.05) is 6.92 Å². The molecule has 20 heavy (non-hydrogen) atoms. The maximum absolute atomic E-state index is 12.2. The molecule has 1 aromatic rings. The zero-order valence-corrected chi connectivity index (χ0v) is 12.2. The fourth-order valence-corrected chi connectivity index (χ4v) is 2.30. The lowest BCUT2D eigenvalue weighted by atomic mass is 10.1. The third kappa shape index (κ3) is 3.93. The molecule has 1 amide bonds. The maximum atomic E-state index is 12.2. The Bertz CT molecular complexity index is 444. The first-order valence-corrected chi connectivity index (χ1v) is 7.33. The molecule has 2 heterocycles. The van der Waals surface area contributed by atoms with Crippen molar-refractivity contribution in [2.45, 2.75) is 45.3 Å². The Morgan fingerprint density at radius 1 is 1.60 bits per heavy atom. The molecule has 1 aliphatic rings. The number of aromatic nitrogens is 1. The van der Waals surface area contributed by atoms with Crippen molar-refractivity contribution < 1.29 is 9.53 Å². The quantitative estimate of drug-likeness (QED) is 0.836. The lowest BCUT2D eigenvalue weighted by Crippen LogP contribution is -2.40. The predicted octanol–water partition coefficient (Wildman–Crippen LogP) is 2.20. The molecule has 0 aliphatic carbocycles. The number of pyridine rings is 1. The monoisotopic (exact) mass is 277 g/mol. The van der Waals surface area contributed by atoms with E-state index in [1.165, 1.54) is 0 Å². The second kappa shape index (κ2) is 7.24. The molecule has 110 valence electrons. The number of nitrogens with one attached hydrogen (secondary N) is 2. The summed E-state index contributed by atoms with van der Waals surface area (Å²) in [6.07, 6.45) is 4.91. The van der Waals surface area contributed by atoms with Crippen LogP contribution in [0.1, 0.15) is 43.5 Å². The fraction of sp³-hybridized carbons (Fsp3) is 0.600. The van der Waals surface area contributed by atoms with E-state index >= 15 is 0 Å². The first-order valence-electron chi connectivity index (χ1n) is 7.33. The number of nitrogens with zero attached hydrogens (tertiary/aromatic N) is 1. The lowest BCUT2D eigenvalue weighted by molar-refractivity contribution is 0.0712. The summed E-state index contributed by atoms with van der Waals surface area (Å²) < 4.78 is 5.59. The number of ether oxygens (including phenoxy) is 1. The Balaban J connectivity index is 1.94. The standard InChI is InChI=1S/C15H23N3O2/c1-3-7-16-14-10-12(6-8-17-14)15(19)18-11(2)13-5-4-9-20-13/h6,8,10-11,13H,3-5,7,9H2,1-2H3,(H,16,17)(H,18,19). The van der Waals surface area contributed by atoms with Crippen molar-refractivity contribution in [3.05, 3.63) is 23.9 Å². The van der Waals surface area contributed by atoms with E-state index in [0.717, 1.165) is 38.2 Å². The second-order valence-corrected chi connectivity index (χ2v) is 5.17. The van der Waals surface area contributed by atoms with Crippen LogP contribution in [0.3, 0.4) is 0 Å². The van der Waals surface area contributed by atoms with Crippen LogP contribution in [-0.4, -0.2) is 36.2 Å². The minimum absolute atomic E-state index is 0.0326. The molecule has 1 aromatic heterocycles. The maximum Gasteiger partial charge on any atom is 0.251 e. The highest BCUT2D eigenvalue weighted by Gasteiger charge is 2.24. The summed E-state index contributed by atoms with van der Waals surface area (Å²) >= 11 is 0. The van der Waals surface area contributed by atoms with Crippen molar-refractivity contribution >= 4 is 11.7 Å². The molecule has 2 N–H and O–H groups in total. The molecule has 2 unspecified atom stereocenters. The molecule has 0 bridgehead atoms. The number of amides is 1. The van der Waals surface area contributed by atoms with E-state index in [0.29, 0.717) is 5.56 Å². The number of anilines is 1. The minimum atomic E-state index is -0.0741. The van der Waals surface area contributed by atoms with Gasteiger partial charge in [-0.2, -0.15) is 0 Å². The van der Waals surface area contributed by atoms with E-state index in [4.69, 9.17) is 4.74 Å². The molecule has 2 rings (SSSR count). The summed E-state index contributed by atoms with van der Waals surface area (Å²) in [6.45, 7) is 5.73. The van der Waals surface area contributed by atoms with E-state index < -0.39 is 0 Å². The third-order valence-corrected chi connectivity index (χ3v) is 3.46. The van der Waals surface area contributed by atoms with E-state index in [1.54, 1.807) is 18.3 Å². The van der Waals surface area contributed by atoms with Gasteiger partial charge < -0.3 is 15.4 Å². The highest BCUT2D eigenvalue weighted by molar-refractivity contribution is 5.95. The summed E-state index contributed by atoms with van der Waals surface area (Å²) in [7, 11) is 0. The van der Waals surface area contributed by atoms with Gasteiger partial charge in [0.25, 0.3) is 5.91 Å². The van der Waals surface area contributed by atoms with Crippen molar-refractivity contribution in [1.82, 2.24) is 10.3 Å². The van der Waals surface area contributed by atoms with Crippen molar-refractivity contribution in [3.8, 4) is 0 Å². The van der Waals surface area contributed by atoms with Crippen LogP contribution in [0.25, 0.3) is 0 Å². The average molecular weight is 277 g/mol. The van der Waals surface area contributed by atoms with E-state index in [2.05, 4.69) is 22.5 Å². The summed E-state index contributed by atoms with van der Waals surface area (Å²) in [5.74, 6) is 0.666. The van der Waals surface area contributed by atoms with E-state index in [1.807, 2.05) is 6.92 Å². The van der Waals surface area contributed by atoms with Gasteiger partial charge in [0, 0.05) is 24.9 Å². The van der Waals surface area contributed by atoms with Gasteiger partial charge in [0.1, 0.15) is 5.82 Å². The Kier molecular flexibility index (Phi) is 5.35. The lowest BCUT2D eigenvalue weighted by Gasteiger charge is -2.20. The summed E-state index contributed by atoms with van der Waals surface area (Å²) in [4.78, 5) is 16.4. The molecule has 0 saturated carbocycles. The van der Waals surface area contributed by atoms with Crippen LogP contribution in [0.4, 0.5) is 5.82 Å². The van der Waals surface area contributed by atoms with Gasteiger partial charge in [0.15, 0.2) is 0 Å². The first kappa shape index (κ1) is 14.8. The first-order chi connectivity index (χ1) is 9.70. The highest BCUT2D eigenvalue weighted by Crippen LogP contribution is 2.16. The average Bonchev–Trinajstić information content (AvgIpc) is 2.99. The zero-order chi connectivity index (χ0) is 14.4. The van der Waals surface area contributed by atoms with Crippen LogP contribution < -0.4 is 10.6 Å². The van der Waals surface area contributed by atoms with E-state index in [-0.39, 0.29) is 18.1 Å². The van der Waals surface area contributed by atoms with Gasteiger partial charge in [-0.15, -0.1) is 0 Å². The Morgan fingerprint density at radius 3 is 3.15 bits per heavy atom. The van der Waals surface area contributed by atoms with Crippen molar-refractivity contribution in [2.75, 3.05) is 18.5 Å². The van der Waals surface area contributed by atoms with Gasteiger partial charge in [-0.3, -0.25) is 4.79 Å². The van der Waals surface area contributed by atoms with Crippen molar-refractivity contribution in [1.29, 1.82) is 0 Å². The molecule has 0 spiro atoms. The van der Waals surface area contributed by atoms with Crippen molar-refractivity contribution in [3.63, 3.8) is 0 Å². The third-order valence-electron chi connectivity index (χ3n) is 3.46. The number of rotatable bonds is 6. The summed E-state index contributed by atoms with van der Waals surface area (Å²) in [6, 6.07) is 3.55. The smallest absolute Gasteiger partial charge is 0.251 e. The predicted molar refractivity (Wildman–Crippen MR) is 78.9 cm³/mol. The molecule has 0 aromatic carbocycles. The highest BCUT2D eigenvalue weighted by atomic mass is 16.5. The summed E-state index contributed by atoms with van der Waals surface area (Å²) in [5, 5.41) is 6.18. The van der Waals surface area contributed by atoms with Gasteiger partial charge >= 0.3 is 0 Å².